The van der Waals surface area contributed by atoms with Crippen molar-refractivity contribution in [2.45, 2.75) is 64.8 Å². The highest BCUT2D eigenvalue weighted by Crippen LogP contribution is 2.24. The van der Waals surface area contributed by atoms with Crippen LogP contribution < -0.4 is 5.32 Å². The van der Waals surface area contributed by atoms with Crippen LogP contribution in [0.25, 0.3) is 0 Å². The van der Waals surface area contributed by atoms with Crippen molar-refractivity contribution in [1.29, 1.82) is 0 Å². The van der Waals surface area contributed by atoms with Crippen LogP contribution in [0.1, 0.15) is 58.8 Å². The van der Waals surface area contributed by atoms with Crippen molar-refractivity contribution in [1.82, 2.24) is 10.2 Å². The van der Waals surface area contributed by atoms with Crippen LogP contribution in [0.3, 0.4) is 0 Å². The van der Waals surface area contributed by atoms with E-state index in [2.05, 4.69) is 31.1 Å². The topological polar surface area (TPSA) is 15.3 Å². The van der Waals surface area contributed by atoms with E-state index in [0.29, 0.717) is 0 Å². The van der Waals surface area contributed by atoms with Gasteiger partial charge in [-0.1, -0.05) is 26.2 Å². The van der Waals surface area contributed by atoms with Crippen molar-refractivity contribution in [3.05, 3.63) is 0 Å². The second-order valence-corrected chi connectivity index (χ2v) is 5.83. The average molecular weight is 240 g/mol. The summed E-state index contributed by atoms with van der Waals surface area (Å²) in [5, 5.41) is 3.50. The zero-order valence-electron chi connectivity index (χ0n) is 12.2. The second kappa shape index (κ2) is 8.93. The maximum Gasteiger partial charge on any atom is 0.00760 e. The lowest BCUT2D eigenvalue weighted by Crippen LogP contribution is -2.36. The fraction of sp³-hybridized carbons (Fsp3) is 1.00. The summed E-state index contributed by atoms with van der Waals surface area (Å²) >= 11 is 0. The van der Waals surface area contributed by atoms with E-state index in [1.807, 2.05) is 0 Å². The minimum Gasteiger partial charge on any atom is -0.317 e. The van der Waals surface area contributed by atoms with Crippen LogP contribution >= 0.6 is 0 Å². The van der Waals surface area contributed by atoms with E-state index in [4.69, 9.17) is 0 Å². The Labute approximate surface area is 108 Å². The van der Waals surface area contributed by atoms with Crippen molar-refractivity contribution in [3.8, 4) is 0 Å². The first-order chi connectivity index (χ1) is 8.24. The van der Waals surface area contributed by atoms with Gasteiger partial charge in [-0.3, -0.25) is 0 Å². The molecular formula is C15H32N2. The molecule has 1 saturated carbocycles. The van der Waals surface area contributed by atoms with Crippen molar-refractivity contribution in [3.63, 3.8) is 0 Å². The predicted molar refractivity (Wildman–Crippen MR) is 76.4 cm³/mol. The SMILES string of the molecule is CCCNCCC(C)N(C)CC1CCCCC1. The van der Waals surface area contributed by atoms with Crippen molar-refractivity contribution in [2.75, 3.05) is 26.7 Å². The van der Waals surface area contributed by atoms with E-state index in [9.17, 15) is 0 Å². The van der Waals surface area contributed by atoms with Gasteiger partial charge in [-0.2, -0.15) is 0 Å². The van der Waals surface area contributed by atoms with Gasteiger partial charge in [0.05, 0.1) is 0 Å². The molecular weight excluding hydrogens is 208 g/mol. The third kappa shape index (κ3) is 6.42. The lowest BCUT2D eigenvalue weighted by molar-refractivity contribution is 0.184. The number of hydrogen-bond acceptors (Lipinski definition) is 2. The largest absolute Gasteiger partial charge is 0.317 e. The van der Waals surface area contributed by atoms with Gasteiger partial charge < -0.3 is 10.2 Å². The molecule has 0 spiro atoms. The number of nitrogens with zero attached hydrogens (tertiary/aromatic N) is 1. The Morgan fingerprint density at radius 2 is 1.88 bits per heavy atom. The van der Waals surface area contributed by atoms with Crippen LogP contribution in [0, 0.1) is 5.92 Å². The summed E-state index contributed by atoms with van der Waals surface area (Å²) in [4.78, 5) is 2.57. The van der Waals surface area contributed by atoms with Gasteiger partial charge in [0.1, 0.15) is 0 Å². The molecule has 0 aromatic carbocycles. The zero-order valence-corrected chi connectivity index (χ0v) is 12.2. The van der Waals surface area contributed by atoms with E-state index in [0.717, 1.165) is 12.0 Å². The van der Waals surface area contributed by atoms with Gasteiger partial charge in [0.15, 0.2) is 0 Å². The highest BCUT2D eigenvalue weighted by Gasteiger charge is 2.17. The maximum absolute atomic E-state index is 3.50. The molecule has 0 amide bonds. The summed E-state index contributed by atoms with van der Waals surface area (Å²) < 4.78 is 0. The lowest BCUT2D eigenvalue weighted by Gasteiger charge is -2.31. The standard InChI is InChI=1S/C15H32N2/c1-4-11-16-12-10-14(2)17(3)13-15-8-6-5-7-9-15/h14-16H,4-13H2,1-3H3. The molecule has 0 aliphatic heterocycles. The van der Waals surface area contributed by atoms with E-state index in [1.165, 1.54) is 64.6 Å². The quantitative estimate of drug-likeness (QED) is 0.655. The molecule has 17 heavy (non-hydrogen) atoms. The van der Waals surface area contributed by atoms with E-state index < -0.39 is 0 Å². The first-order valence-corrected chi connectivity index (χ1v) is 7.65. The molecule has 0 heterocycles. The Hall–Kier alpha value is -0.0800. The van der Waals surface area contributed by atoms with Crippen molar-refractivity contribution < 1.29 is 0 Å². The average Bonchev–Trinajstić information content (AvgIpc) is 2.35. The predicted octanol–water partition coefficient (Wildman–Crippen LogP) is 3.28. The van der Waals surface area contributed by atoms with E-state index in [1.54, 1.807) is 0 Å². The minimum atomic E-state index is 0.723. The van der Waals surface area contributed by atoms with Crippen LogP contribution in [0.4, 0.5) is 0 Å². The van der Waals surface area contributed by atoms with Crippen LogP contribution in [-0.2, 0) is 0 Å². The van der Waals surface area contributed by atoms with Gasteiger partial charge in [0, 0.05) is 12.6 Å². The highest BCUT2D eigenvalue weighted by atomic mass is 15.1. The molecule has 0 saturated heterocycles. The monoisotopic (exact) mass is 240 g/mol. The fourth-order valence-electron chi connectivity index (χ4n) is 2.79. The molecule has 0 aromatic rings. The summed E-state index contributed by atoms with van der Waals surface area (Å²) in [5.41, 5.74) is 0. The molecule has 1 N–H and O–H groups in total. The molecule has 1 aliphatic carbocycles. The molecule has 1 unspecified atom stereocenters. The number of hydrogen-bond donors (Lipinski definition) is 1. The Balaban J connectivity index is 2.10. The molecule has 1 aliphatic rings. The molecule has 0 radical (unpaired) electrons. The van der Waals surface area contributed by atoms with Crippen molar-refractivity contribution >= 4 is 0 Å². The summed E-state index contributed by atoms with van der Waals surface area (Å²) in [6.45, 7) is 8.25. The van der Waals surface area contributed by atoms with Gasteiger partial charge in [-0.15, -0.1) is 0 Å². The van der Waals surface area contributed by atoms with Gasteiger partial charge in [-0.25, -0.2) is 0 Å². The smallest absolute Gasteiger partial charge is 0.00760 e. The van der Waals surface area contributed by atoms with Crippen LogP contribution in [0.5, 0.6) is 0 Å². The van der Waals surface area contributed by atoms with E-state index in [-0.39, 0.29) is 0 Å². The zero-order chi connectivity index (χ0) is 12.5. The van der Waals surface area contributed by atoms with Gasteiger partial charge in [0.2, 0.25) is 0 Å². The Bertz CT molecular complexity index is 176. The molecule has 1 rings (SSSR count). The summed E-state index contributed by atoms with van der Waals surface area (Å²) in [5.74, 6) is 0.972. The Kier molecular flexibility index (Phi) is 7.87. The summed E-state index contributed by atoms with van der Waals surface area (Å²) in [6, 6.07) is 0.723. The Morgan fingerprint density at radius 1 is 1.18 bits per heavy atom. The highest BCUT2D eigenvalue weighted by molar-refractivity contribution is 4.72. The first-order valence-electron chi connectivity index (χ1n) is 7.65. The second-order valence-electron chi connectivity index (χ2n) is 5.83. The summed E-state index contributed by atoms with van der Waals surface area (Å²) in [6.07, 6.45) is 9.85. The molecule has 1 atom stereocenters. The molecule has 0 bridgehead atoms. The lowest BCUT2D eigenvalue weighted by atomic mass is 9.89. The third-order valence-electron chi connectivity index (χ3n) is 4.19. The molecule has 1 fully saturated rings. The minimum absolute atomic E-state index is 0.723. The first kappa shape index (κ1) is 15.0. The summed E-state index contributed by atoms with van der Waals surface area (Å²) in [7, 11) is 2.30. The third-order valence-corrected chi connectivity index (χ3v) is 4.19. The van der Waals surface area contributed by atoms with Gasteiger partial charge in [-0.05, 0) is 58.7 Å². The van der Waals surface area contributed by atoms with E-state index >= 15 is 0 Å². The molecule has 0 aromatic heterocycles. The molecule has 2 heteroatoms. The number of rotatable bonds is 8. The maximum atomic E-state index is 3.50. The Morgan fingerprint density at radius 3 is 2.53 bits per heavy atom. The van der Waals surface area contributed by atoms with Crippen LogP contribution in [0.2, 0.25) is 0 Å². The molecule has 2 nitrogen and oxygen atoms in total. The van der Waals surface area contributed by atoms with Gasteiger partial charge >= 0.3 is 0 Å². The van der Waals surface area contributed by atoms with Crippen molar-refractivity contribution in [2.24, 2.45) is 5.92 Å². The normalized spacial score (nSPS) is 19.8. The number of nitrogens with one attached hydrogen (secondary N) is 1. The fourth-order valence-corrected chi connectivity index (χ4v) is 2.79. The van der Waals surface area contributed by atoms with Crippen LogP contribution in [0.15, 0.2) is 0 Å². The van der Waals surface area contributed by atoms with Crippen LogP contribution in [-0.4, -0.2) is 37.6 Å². The van der Waals surface area contributed by atoms with Gasteiger partial charge in [0.25, 0.3) is 0 Å². The molecule has 102 valence electrons.